The number of aliphatic imine (C=N–C) groups is 2. The first kappa shape index (κ1) is 25.3. The molecular weight excluding hydrogens is 490 g/mol. The molecular formula is C24H34F2N6O3S. The van der Waals surface area contributed by atoms with E-state index in [1.54, 1.807) is 0 Å². The summed E-state index contributed by atoms with van der Waals surface area (Å²) in [6, 6.07) is 0.135. The van der Waals surface area contributed by atoms with Crippen molar-refractivity contribution in [3.63, 3.8) is 0 Å². The molecule has 0 N–H and O–H groups in total. The Morgan fingerprint density at radius 2 is 1.75 bits per heavy atom. The Hall–Kier alpha value is -2.37. The van der Waals surface area contributed by atoms with Gasteiger partial charge in [-0.2, -0.15) is 0 Å². The van der Waals surface area contributed by atoms with Gasteiger partial charge in [0.15, 0.2) is 0 Å². The van der Waals surface area contributed by atoms with E-state index in [1.165, 1.54) is 0 Å². The molecule has 0 aromatic carbocycles. The lowest BCUT2D eigenvalue weighted by atomic mass is 9.95. The van der Waals surface area contributed by atoms with Crippen molar-refractivity contribution >= 4 is 27.5 Å². The molecule has 2 saturated heterocycles. The monoisotopic (exact) mass is 524 g/mol. The summed E-state index contributed by atoms with van der Waals surface area (Å²) < 4.78 is 59.7. The SMILES string of the molecule is CCCc1cnc(N2CC3CCC(C2)N3C2=NCN=C(OC3CCC(S(C)(=O)=O)CC3F)C2F)nc1. The fourth-order valence-electron chi connectivity index (χ4n) is 5.86. The summed E-state index contributed by atoms with van der Waals surface area (Å²) in [4.78, 5) is 21.8. The van der Waals surface area contributed by atoms with Gasteiger partial charge < -0.3 is 14.5 Å². The van der Waals surface area contributed by atoms with Gasteiger partial charge in [-0.05, 0) is 44.1 Å². The highest BCUT2D eigenvalue weighted by atomic mass is 32.2. The Kier molecular flexibility index (Phi) is 7.15. The first-order valence-corrected chi connectivity index (χ1v) is 14.8. The molecule has 1 aromatic rings. The minimum atomic E-state index is -3.32. The van der Waals surface area contributed by atoms with Crippen LogP contribution in [0.5, 0.6) is 0 Å². The average Bonchev–Trinajstić information content (AvgIpc) is 3.10. The molecule has 0 spiro atoms. The predicted molar refractivity (Wildman–Crippen MR) is 134 cm³/mol. The van der Waals surface area contributed by atoms with E-state index in [9.17, 15) is 12.8 Å². The third-order valence-electron chi connectivity index (χ3n) is 7.70. The summed E-state index contributed by atoms with van der Waals surface area (Å²) in [5, 5.41) is -0.724. The Bertz CT molecular complexity index is 1100. The van der Waals surface area contributed by atoms with Gasteiger partial charge in [0.2, 0.25) is 18.0 Å². The number of hydrogen-bond donors (Lipinski definition) is 0. The lowest BCUT2D eigenvalue weighted by Gasteiger charge is -2.44. The third kappa shape index (κ3) is 5.05. The van der Waals surface area contributed by atoms with Gasteiger partial charge in [-0.3, -0.25) is 0 Å². The van der Waals surface area contributed by atoms with Gasteiger partial charge in [-0.15, -0.1) is 0 Å². The number of fused-ring (bicyclic) bond motifs is 2. The fourth-order valence-corrected chi connectivity index (χ4v) is 6.95. The summed E-state index contributed by atoms with van der Waals surface area (Å²) in [5.41, 5.74) is 1.12. The summed E-state index contributed by atoms with van der Waals surface area (Å²) in [5.74, 6) is 0.840. The predicted octanol–water partition coefficient (Wildman–Crippen LogP) is 2.51. The van der Waals surface area contributed by atoms with Crippen LogP contribution in [0.1, 0.15) is 51.0 Å². The second kappa shape index (κ2) is 10.2. The van der Waals surface area contributed by atoms with Gasteiger partial charge in [0.1, 0.15) is 34.6 Å². The Morgan fingerprint density at radius 1 is 1.06 bits per heavy atom. The van der Waals surface area contributed by atoms with Crippen LogP contribution in [0.3, 0.4) is 0 Å². The van der Waals surface area contributed by atoms with E-state index in [1.807, 2.05) is 12.4 Å². The van der Waals surface area contributed by atoms with Crippen molar-refractivity contribution in [2.24, 2.45) is 9.98 Å². The second-order valence-electron chi connectivity index (χ2n) is 10.3. The van der Waals surface area contributed by atoms with Crippen LogP contribution in [-0.2, 0) is 21.0 Å². The van der Waals surface area contributed by atoms with E-state index in [2.05, 4.69) is 36.7 Å². The molecule has 4 aliphatic rings. The van der Waals surface area contributed by atoms with Crippen LogP contribution in [0.4, 0.5) is 14.7 Å². The first-order valence-electron chi connectivity index (χ1n) is 12.8. The molecule has 1 aliphatic carbocycles. The van der Waals surface area contributed by atoms with Gasteiger partial charge in [0.05, 0.1) is 5.25 Å². The number of anilines is 1. The van der Waals surface area contributed by atoms with Crippen LogP contribution in [0, 0.1) is 0 Å². The normalized spacial score (nSPS) is 32.8. The van der Waals surface area contributed by atoms with Gasteiger partial charge >= 0.3 is 0 Å². The molecule has 0 radical (unpaired) electrons. The minimum Gasteiger partial charge on any atom is -0.472 e. The maximum atomic E-state index is 15.7. The zero-order valence-corrected chi connectivity index (χ0v) is 21.6. The number of hydrogen-bond acceptors (Lipinski definition) is 9. The van der Waals surface area contributed by atoms with Crippen molar-refractivity contribution in [3.8, 4) is 0 Å². The van der Waals surface area contributed by atoms with E-state index >= 15 is 4.39 Å². The highest BCUT2D eigenvalue weighted by Gasteiger charge is 2.46. The molecule has 4 heterocycles. The molecule has 3 aliphatic heterocycles. The topological polar surface area (TPSA) is 100 Å². The Morgan fingerprint density at radius 3 is 2.36 bits per heavy atom. The number of amidine groups is 1. The molecule has 9 nitrogen and oxygen atoms in total. The lowest BCUT2D eigenvalue weighted by Crippen LogP contribution is -2.59. The third-order valence-corrected chi connectivity index (χ3v) is 9.34. The number of sulfone groups is 1. The van der Waals surface area contributed by atoms with Gasteiger partial charge in [0, 0.05) is 43.8 Å². The molecule has 198 valence electrons. The Labute approximate surface area is 211 Å². The first-order chi connectivity index (χ1) is 17.2. The van der Waals surface area contributed by atoms with Gasteiger partial charge in [0.25, 0.3) is 0 Å². The van der Waals surface area contributed by atoms with Crippen molar-refractivity contribution < 1.29 is 21.9 Å². The smallest absolute Gasteiger partial charge is 0.232 e. The zero-order chi connectivity index (χ0) is 25.4. The van der Waals surface area contributed by atoms with Crippen LogP contribution in [0.2, 0.25) is 0 Å². The molecule has 3 fully saturated rings. The molecule has 36 heavy (non-hydrogen) atoms. The maximum Gasteiger partial charge on any atom is 0.232 e. The number of alkyl halides is 2. The van der Waals surface area contributed by atoms with Crippen molar-refractivity contribution in [1.82, 2.24) is 14.9 Å². The second-order valence-corrected chi connectivity index (χ2v) is 12.6. The van der Waals surface area contributed by atoms with Crippen LogP contribution in [0.25, 0.3) is 0 Å². The van der Waals surface area contributed by atoms with Crippen LogP contribution in [0.15, 0.2) is 22.4 Å². The maximum absolute atomic E-state index is 15.7. The number of aryl methyl sites for hydroxylation is 1. The zero-order valence-electron chi connectivity index (χ0n) is 20.8. The standard InChI is InChI=1S/C24H34F2N6O3S/c1-3-4-15-10-27-24(28-11-15)31-12-16-5-6-17(13-31)32(16)22-21(26)23(30-14-29-22)35-20-8-7-18(9-19(20)25)36(2,33)34/h10-11,16-21H,3-9,12-14H2,1-2H3. The van der Waals surface area contributed by atoms with Crippen molar-refractivity contribution in [2.75, 3.05) is 30.9 Å². The average molecular weight is 525 g/mol. The quantitative estimate of drug-likeness (QED) is 0.584. The summed E-state index contributed by atoms with van der Waals surface area (Å²) in [6.45, 7) is 3.50. The molecule has 0 amide bonds. The van der Waals surface area contributed by atoms with E-state index in [0.717, 1.165) is 37.5 Å². The van der Waals surface area contributed by atoms with E-state index in [-0.39, 0.29) is 37.5 Å². The van der Waals surface area contributed by atoms with Gasteiger partial charge in [-0.25, -0.2) is 37.2 Å². The molecule has 12 heteroatoms. The number of halogens is 2. The molecule has 6 unspecified atom stereocenters. The lowest BCUT2D eigenvalue weighted by molar-refractivity contribution is 0.0490. The van der Waals surface area contributed by atoms with Crippen molar-refractivity contribution in [3.05, 3.63) is 18.0 Å². The van der Waals surface area contributed by atoms with Crippen LogP contribution in [-0.4, -0.2) is 96.8 Å². The van der Waals surface area contributed by atoms with Crippen molar-refractivity contribution in [1.29, 1.82) is 0 Å². The largest absolute Gasteiger partial charge is 0.472 e. The molecule has 6 atom stereocenters. The number of piperazine rings is 1. The van der Waals surface area contributed by atoms with Gasteiger partial charge in [-0.1, -0.05) is 13.3 Å². The van der Waals surface area contributed by atoms with Crippen molar-refractivity contribution in [2.45, 2.75) is 87.7 Å². The highest BCUT2D eigenvalue weighted by Crippen LogP contribution is 2.34. The molecule has 1 saturated carbocycles. The summed E-state index contributed by atoms with van der Waals surface area (Å²) in [6.07, 6.45) is 5.01. The Balaban J connectivity index is 1.22. The number of rotatable bonds is 5. The van der Waals surface area contributed by atoms with E-state index in [4.69, 9.17) is 4.74 Å². The number of nitrogens with zero attached hydrogens (tertiary/aromatic N) is 6. The highest BCUT2D eigenvalue weighted by molar-refractivity contribution is 7.91. The molecule has 1 aromatic heterocycles. The summed E-state index contributed by atoms with van der Waals surface area (Å²) >= 11 is 0. The number of ether oxygens (including phenoxy) is 1. The summed E-state index contributed by atoms with van der Waals surface area (Å²) in [7, 11) is -3.32. The number of aromatic nitrogens is 2. The molecule has 2 bridgehead atoms. The fraction of sp³-hybridized carbons (Fsp3) is 0.750. The minimum absolute atomic E-state index is 0.0301. The molecule has 5 rings (SSSR count). The van der Waals surface area contributed by atoms with E-state index < -0.39 is 33.5 Å². The van der Waals surface area contributed by atoms with E-state index in [0.29, 0.717) is 31.3 Å². The van der Waals surface area contributed by atoms with Crippen LogP contribution < -0.4 is 4.90 Å². The van der Waals surface area contributed by atoms with Crippen LogP contribution >= 0.6 is 0 Å².